The van der Waals surface area contributed by atoms with Crippen molar-refractivity contribution in [1.82, 2.24) is 0 Å². The maximum absolute atomic E-state index is 13.2. The Kier molecular flexibility index (Phi) is 8.80. The average Bonchev–Trinajstić information content (AvgIpc) is 2.83. The highest BCUT2D eigenvalue weighted by molar-refractivity contribution is 5.89. The van der Waals surface area contributed by atoms with Gasteiger partial charge in [0, 0.05) is 6.42 Å². The molecule has 1 aliphatic carbocycles. The molecule has 5 nitrogen and oxygen atoms in total. The Morgan fingerprint density at radius 2 is 1.45 bits per heavy atom. The molecule has 0 amide bonds. The first-order valence-corrected chi connectivity index (χ1v) is 11.1. The monoisotopic (exact) mass is 424 g/mol. The maximum Gasteiger partial charge on any atom is 0.312 e. The first-order valence-electron chi connectivity index (χ1n) is 11.1. The minimum Gasteiger partial charge on any atom is -0.461 e. The van der Waals surface area contributed by atoms with E-state index in [0.717, 1.165) is 30.4 Å². The number of carbonyl (C=O) groups excluding carboxylic acids is 2. The van der Waals surface area contributed by atoms with Gasteiger partial charge in [0.1, 0.15) is 12.4 Å². The predicted molar refractivity (Wildman–Crippen MR) is 118 cm³/mol. The molecule has 0 aromatic heterocycles. The molecule has 0 saturated heterocycles. The summed E-state index contributed by atoms with van der Waals surface area (Å²) in [5.41, 5.74) is 1.17. The topological polar surface area (TPSA) is 72.8 Å². The molecular weight excluding hydrogens is 392 g/mol. The van der Waals surface area contributed by atoms with E-state index in [1.807, 2.05) is 60.7 Å². The number of aliphatic hydroxyl groups excluding tert-OH is 1. The van der Waals surface area contributed by atoms with Crippen molar-refractivity contribution in [1.29, 1.82) is 0 Å². The summed E-state index contributed by atoms with van der Waals surface area (Å²) in [6.07, 6.45) is 4.33. The van der Waals surface area contributed by atoms with Crippen LogP contribution in [0.4, 0.5) is 0 Å². The van der Waals surface area contributed by atoms with Gasteiger partial charge in [-0.2, -0.15) is 0 Å². The Bertz CT molecular complexity index is 812. The molecule has 31 heavy (non-hydrogen) atoms. The van der Waals surface area contributed by atoms with E-state index < -0.39 is 17.3 Å². The fourth-order valence-electron chi connectivity index (χ4n) is 4.14. The van der Waals surface area contributed by atoms with Gasteiger partial charge in [0.05, 0.1) is 31.2 Å². The first kappa shape index (κ1) is 23.2. The molecule has 1 N–H and O–H groups in total. The molecule has 0 heterocycles. The Labute approximate surface area is 184 Å². The summed E-state index contributed by atoms with van der Waals surface area (Å²) in [7, 11) is 0. The number of hydrogen-bond donors (Lipinski definition) is 1. The van der Waals surface area contributed by atoms with Gasteiger partial charge < -0.3 is 14.6 Å². The van der Waals surface area contributed by atoms with Gasteiger partial charge in [-0.1, -0.05) is 79.9 Å². The van der Waals surface area contributed by atoms with E-state index >= 15 is 0 Å². The van der Waals surface area contributed by atoms with Crippen LogP contribution in [0.25, 0.3) is 0 Å². The quantitative estimate of drug-likeness (QED) is 0.539. The van der Waals surface area contributed by atoms with E-state index in [1.165, 1.54) is 0 Å². The largest absolute Gasteiger partial charge is 0.461 e. The number of esters is 1. The van der Waals surface area contributed by atoms with E-state index in [0.29, 0.717) is 19.4 Å². The van der Waals surface area contributed by atoms with Gasteiger partial charge in [-0.15, -0.1) is 0 Å². The van der Waals surface area contributed by atoms with Crippen molar-refractivity contribution in [2.45, 2.75) is 51.7 Å². The molecule has 1 aliphatic rings. The molecule has 0 spiro atoms. The highest BCUT2D eigenvalue weighted by Crippen LogP contribution is 2.38. The van der Waals surface area contributed by atoms with Gasteiger partial charge in [0.2, 0.25) is 0 Å². The number of ketones is 1. The van der Waals surface area contributed by atoms with Crippen LogP contribution < -0.4 is 0 Å². The summed E-state index contributed by atoms with van der Waals surface area (Å²) in [5.74, 6) is -1.18. The van der Waals surface area contributed by atoms with Crippen LogP contribution in [0.15, 0.2) is 60.7 Å². The Hall–Kier alpha value is -2.50. The van der Waals surface area contributed by atoms with Crippen LogP contribution in [0.1, 0.15) is 49.7 Å². The summed E-state index contributed by atoms with van der Waals surface area (Å²) in [4.78, 5) is 26.0. The van der Waals surface area contributed by atoms with Crippen molar-refractivity contribution in [3.8, 4) is 0 Å². The first-order chi connectivity index (χ1) is 15.1. The van der Waals surface area contributed by atoms with Gasteiger partial charge in [0.25, 0.3) is 0 Å². The zero-order valence-corrected chi connectivity index (χ0v) is 18.0. The van der Waals surface area contributed by atoms with Crippen molar-refractivity contribution in [2.24, 2.45) is 11.3 Å². The lowest BCUT2D eigenvalue weighted by atomic mass is 9.70. The molecule has 1 saturated carbocycles. The molecule has 2 aromatic carbocycles. The second-order valence-electron chi connectivity index (χ2n) is 8.42. The molecule has 2 aromatic rings. The van der Waals surface area contributed by atoms with Crippen LogP contribution in [-0.4, -0.2) is 30.1 Å². The van der Waals surface area contributed by atoms with Crippen LogP contribution in [-0.2, 0) is 32.3 Å². The average molecular weight is 425 g/mol. The number of ether oxygens (including phenoxy) is 2. The van der Waals surface area contributed by atoms with Crippen molar-refractivity contribution in [3.63, 3.8) is 0 Å². The number of rotatable bonds is 11. The summed E-state index contributed by atoms with van der Waals surface area (Å²) in [6, 6.07) is 19.2. The fourth-order valence-corrected chi connectivity index (χ4v) is 4.14. The van der Waals surface area contributed by atoms with E-state index in [2.05, 4.69) is 0 Å². The fraction of sp³-hybridized carbons (Fsp3) is 0.462. The Morgan fingerprint density at radius 1 is 0.871 bits per heavy atom. The van der Waals surface area contributed by atoms with Crippen LogP contribution in [0, 0.1) is 11.3 Å². The van der Waals surface area contributed by atoms with Gasteiger partial charge in [0.15, 0.2) is 0 Å². The Balaban J connectivity index is 1.63. The number of hydrogen-bond acceptors (Lipinski definition) is 5. The summed E-state index contributed by atoms with van der Waals surface area (Å²) in [6.45, 7) is 0.467. The van der Waals surface area contributed by atoms with Gasteiger partial charge >= 0.3 is 5.97 Å². The van der Waals surface area contributed by atoms with Crippen LogP contribution in [0.2, 0.25) is 0 Å². The third-order valence-corrected chi connectivity index (χ3v) is 6.12. The minimum atomic E-state index is -0.727. The van der Waals surface area contributed by atoms with Crippen molar-refractivity contribution < 1.29 is 24.2 Å². The predicted octanol–water partition coefficient (Wildman–Crippen LogP) is 4.46. The highest BCUT2D eigenvalue weighted by atomic mass is 16.5. The number of benzene rings is 2. The summed E-state index contributed by atoms with van der Waals surface area (Å²) in [5, 5.41) is 9.97. The highest BCUT2D eigenvalue weighted by Gasteiger charge is 2.40. The van der Waals surface area contributed by atoms with Crippen molar-refractivity contribution in [3.05, 3.63) is 71.8 Å². The molecule has 5 heteroatoms. The van der Waals surface area contributed by atoms with E-state index in [9.17, 15) is 14.7 Å². The number of aliphatic hydroxyl groups is 1. The summed E-state index contributed by atoms with van der Waals surface area (Å²) >= 11 is 0. The number of Topliss-reactive ketones (excluding diaryl/α,β-unsaturated/α-hetero) is 1. The summed E-state index contributed by atoms with van der Waals surface area (Å²) < 4.78 is 11.3. The van der Waals surface area contributed by atoms with Crippen molar-refractivity contribution >= 4 is 11.8 Å². The second kappa shape index (κ2) is 11.8. The van der Waals surface area contributed by atoms with E-state index in [4.69, 9.17) is 9.47 Å². The molecule has 0 aliphatic heterocycles. The van der Waals surface area contributed by atoms with Gasteiger partial charge in [-0.3, -0.25) is 9.59 Å². The van der Waals surface area contributed by atoms with Crippen LogP contribution >= 0.6 is 0 Å². The molecule has 166 valence electrons. The zero-order valence-electron chi connectivity index (χ0n) is 18.0. The molecule has 0 bridgehead atoms. The molecule has 0 unspecified atom stereocenters. The second-order valence-corrected chi connectivity index (χ2v) is 8.42. The Morgan fingerprint density at radius 3 is 2.03 bits per heavy atom. The molecule has 3 rings (SSSR count). The normalized spacial score (nSPS) is 16.4. The van der Waals surface area contributed by atoms with E-state index in [-0.39, 0.29) is 32.0 Å². The smallest absolute Gasteiger partial charge is 0.312 e. The lowest BCUT2D eigenvalue weighted by molar-refractivity contribution is -0.155. The van der Waals surface area contributed by atoms with Crippen LogP contribution in [0.3, 0.4) is 0 Å². The molecule has 1 fully saturated rings. The van der Waals surface area contributed by atoms with Crippen molar-refractivity contribution in [2.75, 3.05) is 13.2 Å². The molecular formula is C26H32O5. The van der Waals surface area contributed by atoms with Gasteiger partial charge in [-0.25, -0.2) is 0 Å². The van der Waals surface area contributed by atoms with E-state index in [1.54, 1.807) is 0 Å². The van der Waals surface area contributed by atoms with Crippen LogP contribution in [0.5, 0.6) is 0 Å². The maximum atomic E-state index is 13.2. The SMILES string of the molecule is O=C(OCc1ccccc1)[C@H](COCc1ccccc1)CC(=O)C1(CO)CCCCC1. The zero-order chi connectivity index (χ0) is 21.9. The molecule has 0 radical (unpaired) electrons. The van der Waals surface area contributed by atoms with Gasteiger partial charge in [-0.05, 0) is 24.0 Å². The molecule has 1 atom stereocenters. The third-order valence-electron chi connectivity index (χ3n) is 6.12. The lowest BCUT2D eigenvalue weighted by Crippen LogP contribution is -2.39. The lowest BCUT2D eigenvalue weighted by Gasteiger charge is -2.34. The standard InChI is InChI=1S/C26H32O5/c27-20-26(14-8-3-9-15-26)24(28)16-23(19-30-17-21-10-4-1-5-11-21)25(29)31-18-22-12-6-2-7-13-22/h1-2,4-7,10-13,23,27H,3,8-9,14-20H2/t23-/m0/s1. The third kappa shape index (κ3) is 6.74. The number of carbonyl (C=O) groups is 2. The minimum absolute atomic E-state index is 0.0307.